The molecule has 2 rings (SSSR count). The molecule has 0 N–H and O–H groups in total. The van der Waals surface area contributed by atoms with Crippen molar-refractivity contribution in [2.24, 2.45) is 0 Å². The normalized spacial score (nSPS) is 10.4. The third kappa shape index (κ3) is 2.65. The second-order valence-corrected chi connectivity index (χ2v) is 4.03. The molecule has 7 heteroatoms. The Bertz CT molecular complexity index is 609. The first-order valence-electron chi connectivity index (χ1n) is 5.19. The minimum absolute atomic E-state index is 0.198. The van der Waals surface area contributed by atoms with Gasteiger partial charge in [-0.15, -0.1) is 0 Å². The molecule has 0 saturated carbocycles. The summed E-state index contributed by atoms with van der Waals surface area (Å²) >= 11 is 5.65. The lowest BCUT2D eigenvalue weighted by atomic mass is 10.4. The first-order valence-corrected chi connectivity index (χ1v) is 5.57. The molecule has 0 aliphatic rings. The van der Waals surface area contributed by atoms with Crippen molar-refractivity contribution >= 4 is 11.6 Å². The molecular weight excluding hydrogens is 256 g/mol. The molecule has 94 valence electrons. The van der Waals surface area contributed by atoms with Crippen LogP contribution in [0.3, 0.4) is 0 Å². The highest BCUT2D eigenvalue weighted by molar-refractivity contribution is 6.29. The number of aryl methyl sites for hydroxylation is 1. The van der Waals surface area contributed by atoms with Gasteiger partial charge in [-0.3, -0.25) is 14.3 Å². The first-order chi connectivity index (χ1) is 8.60. The maximum absolute atomic E-state index is 11.9. The average Bonchev–Trinajstić information content (AvgIpc) is 2.34. The van der Waals surface area contributed by atoms with E-state index in [4.69, 9.17) is 16.3 Å². The summed E-state index contributed by atoms with van der Waals surface area (Å²) < 4.78 is 6.46. The number of rotatable bonds is 3. The van der Waals surface area contributed by atoms with E-state index in [2.05, 4.69) is 15.0 Å². The monoisotopic (exact) mass is 266 g/mol. The van der Waals surface area contributed by atoms with Gasteiger partial charge in [-0.25, -0.2) is 9.97 Å². The fourth-order valence-corrected chi connectivity index (χ4v) is 1.58. The maximum atomic E-state index is 11.9. The van der Waals surface area contributed by atoms with E-state index < -0.39 is 0 Å². The van der Waals surface area contributed by atoms with Crippen molar-refractivity contribution in [3.05, 3.63) is 45.4 Å². The number of hydrogen-bond acceptors (Lipinski definition) is 5. The molecule has 0 radical (unpaired) electrons. The lowest BCUT2D eigenvalue weighted by molar-refractivity contribution is 0.349. The summed E-state index contributed by atoms with van der Waals surface area (Å²) in [6.07, 6.45) is 2.93. The van der Waals surface area contributed by atoms with Crippen LogP contribution in [0.4, 0.5) is 0 Å². The minimum Gasteiger partial charge on any atom is -0.468 e. The molecule has 18 heavy (non-hydrogen) atoms. The summed E-state index contributed by atoms with van der Waals surface area (Å²) in [6.45, 7) is 1.97. The number of nitrogens with zero attached hydrogens (tertiary/aromatic N) is 4. The Kier molecular flexibility index (Phi) is 3.57. The van der Waals surface area contributed by atoms with Gasteiger partial charge in [-0.2, -0.15) is 0 Å². The van der Waals surface area contributed by atoms with Crippen molar-refractivity contribution < 1.29 is 4.74 Å². The van der Waals surface area contributed by atoms with Gasteiger partial charge >= 0.3 is 0 Å². The summed E-state index contributed by atoms with van der Waals surface area (Å²) in [6, 6.07) is 1.68. The van der Waals surface area contributed by atoms with Gasteiger partial charge < -0.3 is 4.74 Å². The molecule has 2 heterocycles. The van der Waals surface area contributed by atoms with Crippen LogP contribution in [0.25, 0.3) is 0 Å². The minimum atomic E-state index is -0.198. The molecule has 2 aromatic heterocycles. The quantitative estimate of drug-likeness (QED) is 0.831. The molecule has 0 atom stereocenters. The van der Waals surface area contributed by atoms with Crippen molar-refractivity contribution in [2.45, 2.75) is 13.5 Å². The molecule has 0 aliphatic carbocycles. The average molecular weight is 267 g/mol. The SMILES string of the molecule is COc1nc(C)cc(=O)n1Cc1cnc(Cl)cn1. The number of hydrogen-bond donors (Lipinski definition) is 0. The maximum Gasteiger partial charge on any atom is 0.299 e. The fourth-order valence-electron chi connectivity index (χ4n) is 1.48. The summed E-state index contributed by atoms with van der Waals surface area (Å²) in [5.41, 5.74) is 1.01. The Morgan fingerprint density at radius 1 is 1.39 bits per heavy atom. The van der Waals surface area contributed by atoms with E-state index in [-0.39, 0.29) is 18.1 Å². The topological polar surface area (TPSA) is 69.9 Å². The molecule has 0 saturated heterocycles. The van der Waals surface area contributed by atoms with Gasteiger partial charge in [0.15, 0.2) is 0 Å². The van der Waals surface area contributed by atoms with E-state index in [1.54, 1.807) is 6.92 Å². The van der Waals surface area contributed by atoms with Gasteiger partial charge in [0.1, 0.15) is 5.15 Å². The Morgan fingerprint density at radius 2 is 2.17 bits per heavy atom. The van der Waals surface area contributed by atoms with Crippen LogP contribution in [-0.4, -0.2) is 26.6 Å². The summed E-state index contributed by atoms with van der Waals surface area (Å²) in [4.78, 5) is 24.0. The highest BCUT2D eigenvalue weighted by atomic mass is 35.5. The van der Waals surface area contributed by atoms with Crippen molar-refractivity contribution in [3.8, 4) is 6.01 Å². The smallest absolute Gasteiger partial charge is 0.299 e. The van der Waals surface area contributed by atoms with Crippen molar-refractivity contribution in [2.75, 3.05) is 7.11 Å². The Labute approximate surface area is 108 Å². The number of methoxy groups -OCH3 is 1. The van der Waals surface area contributed by atoms with Gasteiger partial charge in [0, 0.05) is 11.8 Å². The zero-order valence-corrected chi connectivity index (χ0v) is 10.7. The molecule has 0 unspecified atom stereocenters. The van der Waals surface area contributed by atoms with Crippen LogP contribution in [0.1, 0.15) is 11.4 Å². The summed E-state index contributed by atoms with van der Waals surface area (Å²) in [7, 11) is 1.46. The molecule has 0 fully saturated rings. The zero-order valence-electron chi connectivity index (χ0n) is 9.92. The van der Waals surface area contributed by atoms with Crippen LogP contribution in [0.15, 0.2) is 23.3 Å². The Hall–Kier alpha value is -1.95. The number of ether oxygens (including phenoxy) is 1. The summed E-state index contributed by atoms with van der Waals surface area (Å²) in [5, 5.41) is 0.306. The van der Waals surface area contributed by atoms with Crippen LogP contribution in [0.5, 0.6) is 6.01 Å². The number of halogens is 1. The van der Waals surface area contributed by atoms with Gasteiger partial charge in [0.25, 0.3) is 11.6 Å². The van der Waals surface area contributed by atoms with E-state index in [9.17, 15) is 4.79 Å². The number of aromatic nitrogens is 4. The van der Waals surface area contributed by atoms with Crippen LogP contribution in [0.2, 0.25) is 5.15 Å². The van der Waals surface area contributed by atoms with E-state index in [1.807, 2.05) is 0 Å². The highest BCUT2D eigenvalue weighted by Gasteiger charge is 2.08. The molecule has 0 aliphatic heterocycles. The van der Waals surface area contributed by atoms with E-state index in [1.165, 1.54) is 30.1 Å². The van der Waals surface area contributed by atoms with Crippen LogP contribution < -0.4 is 10.3 Å². The largest absolute Gasteiger partial charge is 0.468 e. The lowest BCUT2D eigenvalue weighted by Gasteiger charge is -2.10. The van der Waals surface area contributed by atoms with Crippen LogP contribution in [-0.2, 0) is 6.54 Å². The molecule has 0 amide bonds. The highest BCUT2D eigenvalue weighted by Crippen LogP contribution is 2.08. The Balaban J connectivity index is 2.39. The second-order valence-electron chi connectivity index (χ2n) is 3.64. The van der Waals surface area contributed by atoms with Gasteiger partial charge in [-0.05, 0) is 6.92 Å². The Morgan fingerprint density at radius 3 is 2.78 bits per heavy atom. The van der Waals surface area contributed by atoms with Crippen LogP contribution >= 0.6 is 11.6 Å². The fraction of sp³-hybridized carbons (Fsp3) is 0.273. The van der Waals surface area contributed by atoms with E-state index in [0.717, 1.165) is 0 Å². The predicted octanol–water partition coefficient (Wildman–Crippen LogP) is 1.05. The van der Waals surface area contributed by atoms with E-state index >= 15 is 0 Å². The van der Waals surface area contributed by atoms with Gasteiger partial charge in [0.05, 0.1) is 31.7 Å². The van der Waals surface area contributed by atoms with E-state index in [0.29, 0.717) is 16.5 Å². The third-order valence-corrected chi connectivity index (χ3v) is 2.47. The lowest BCUT2D eigenvalue weighted by Crippen LogP contribution is -2.23. The summed E-state index contributed by atoms with van der Waals surface area (Å²) in [5.74, 6) is 0. The van der Waals surface area contributed by atoms with Crippen LogP contribution in [0, 0.1) is 6.92 Å². The standard InChI is InChI=1S/C11H11ClN4O2/c1-7-3-10(17)16(11(15-7)18-2)6-8-4-14-9(12)5-13-8/h3-5H,6H2,1-2H3. The predicted molar refractivity (Wildman–Crippen MR) is 65.9 cm³/mol. The molecule has 2 aromatic rings. The van der Waals surface area contributed by atoms with Crippen molar-refractivity contribution in [1.82, 2.24) is 19.5 Å². The molecule has 0 aromatic carbocycles. The van der Waals surface area contributed by atoms with Gasteiger partial charge in [-0.1, -0.05) is 11.6 Å². The molecule has 0 spiro atoms. The second kappa shape index (κ2) is 5.14. The van der Waals surface area contributed by atoms with Crippen molar-refractivity contribution in [1.29, 1.82) is 0 Å². The van der Waals surface area contributed by atoms with Gasteiger partial charge in [0.2, 0.25) is 0 Å². The zero-order chi connectivity index (χ0) is 13.1. The molecule has 6 nitrogen and oxygen atoms in total. The first kappa shape index (κ1) is 12.5. The van der Waals surface area contributed by atoms with Crippen molar-refractivity contribution in [3.63, 3.8) is 0 Å². The third-order valence-electron chi connectivity index (χ3n) is 2.28. The molecular formula is C11H11ClN4O2. The molecule has 0 bridgehead atoms.